The number of carbonyl (C=O) groups is 2. The summed E-state index contributed by atoms with van der Waals surface area (Å²) < 4.78 is 54.7. The molecule has 0 spiro atoms. The highest BCUT2D eigenvalue weighted by Gasteiger charge is 2.34. The molecule has 3 rings (SSSR count). The van der Waals surface area contributed by atoms with Crippen molar-refractivity contribution in [2.75, 3.05) is 18.5 Å². The second-order valence-electron chi connectivity index (χ2n) is 7.24. The van der Waals surface area contributed by atoms with Crippen molar-refractivity contribution in [1.82, 2.24) is 0 Å². The van der Waals surface area contributed by atoms with Crippen LogP contribution in [0.15, 0.2) is 39.5 Å². The summed E-state index contributed by atoms with van der Waals surface area (Å²) in [6.45, 7) is 5.24. The number of esters is 1. The Hall–Kier alpha value is -3.34. The minimum atomic E-state index is -4.73. The number of halogens is 3. The zero-order valence-corrected chi connectivity index (χ0v) is 18.7. The van der Waals surface area contributed by atoms with E-state index in [1.807, 2.05) is 13.8 Å². The Balaban J connectivity index is 1.76. The first-order chi connectivity index (χ1) is 15.5. The van der Waals surface area contributed by atoms with Gasteiger partial charge in [0.25, 0.3) is 5.91 Å². The summed E-state index contributed by atoms with van der Waals surface area (Å²) in [5.41, 5.74) is -2.37. The molecule has 33 heavy (non-hydrogen) atoms. The third-order valence-corrected chi connectivity index (χ3v) is 5.81. The zero-order valence-electron chi connectivity index (χ0n) is 17.9. The Labute approximate surface area is 190 Å². The Morgan fingerprint density at radius 1 is 1.18 bits per heavy atom. The lowest BCUT2D eigenvalue weighted by Gasteiger charge is -2.11. The van der Waals surface area contributed by atoms with Crippen molar-refractivity contribution in [3.8, 4) is 5.75 Å². The number of alkyl halides is 3. The number of thiophene rings is 1. The van der Waals surface area contributed by atoms with E-state index in [4.69, 9.17) is 13.9 Å². The second-order valence-corrected chi connectivity index (χ2v) is 8.32. The van der Waals surface area contributed by atoms with Crippen molar-refractivity contribution in [2.45, 2.75) is 32.9 Å². The molecule has 0 atom stereocenters. The number of amides is 1. The van der Waals surface area contributed by atoms with Gasteiger partial charge in [0.2, 0.25) is 0 Å². The molecule has 11 heteroatoms. The summed E-state index contributed by atoms with van der Waals surface area (Å²) in [6.07, 6.45) is -4.73. The summed E-state index contributed by atoms with van der Waals surface area (Å²) in [6, 6.07) is 5.47. The van der Waals surface area contributed by atoms with Gasteiger partial charge in [-0.2, -0.15) is 13.2 Å². The largest absolute Gasteiger partial charge is 0.484 e. The Bertz CT molecular complexity index is 1250. The minimum Gasteiger partial charge on any atom is -0.484 e. The highest BCUT2D eigenvalue weighted by Crippen LogP contribution is 2.35. The average Bonchev–Trinajstić information content (AvgIpc) is 3.15. The molecule has 0 aliphatic carbocycles. The lowest BCUT2D eigenvalue weighted by molar-refractivity contribution is -0.136. The minimum absolute atomic E-state index is 0.0276. The van der Waals surface area contributed by atoms with E-state index in [-0.39, 0.29) is 34.8 Å². The van der Waals surface area contributed by atoms with Crippen LogP contribution < -0.4 is 15.7 Å². The van der Waals surface area contributed by atoms with E-state index >= 15 is 0 Å². The lowest BCUT2D eigenvalue weighted by atomic mass is 10.1. The fourth-order valence-corrected chi connectivity index (χ4v) is 3.99. The fourth-order valence-electron chi connectivity index (χ4n) is 2.93. The second kappa shape index (κ2) is 9.65. The van der Waals surface area contributed by atoms with Crippen LogP contribution in [-0.4, -0.2) is 25.1 Å². The number of anilines is 1. The Kier molecular flexibility index (Phi) is 7.11. The van der Waals surface area contributed by atoms with E-state index in [1.165, 1.54) is 17.4 Å². The molecule has 2 heterocycles. The van der Waals surface area contributed by atoms with E-state index in [2.05, 4.69) is 5.32 Å². The first-order valence-electron chi connectivity index (χ1n) is 9.88. The SMILES string of the molecule is CCOC(=O)c1cc(C(C)C)sc1NC(=O)COc1ccc2c(C(F)(F)F)cc(=O)oc2c1. The third kappa shape index (κ3) is 5.72. The van der Waals surface area contributed by atoms with Crippen molar-refractivity contribution in [2.24, 2.45) is 0 Å². The summed E-state index contributed by atoms with van der Waals surface area (Å²) in [4.78, 5) is 37.0. The van der Waals surface area contributed by atoms with Crippen LogP contribution in [0.25, 0.3) is 11.0 Å². The Morgan fingerprint density at radius 3 is 2.55 bits per heavy atom. The molecule has 176 valence electrons. The molecule has 1 aromatic carbocycles. The van der Waals surface area contributed by atoms with Crippen molar-refractivity contribution in [1.29, 1.82) is 0 Å². The maximum atomic E-state index is 13.2. The van der Waals surface area contributed by atoms with E-state index in [0.717, 1.165) is 17.0 Å². The molecule has 0 aliphatic heterocycles. The predicted octanol–water partition coefficient (Wildman–Crippen LogP) is 5.19. The number of hydrogen-bond acceptors (Lipinski definition) is 7. The first kappa shape index (κ1) is 24.3. The molecule has 0 saturated heterocycles. The summed E-state index contributed by atoms with van der Waals surface area (Å²) >= 11 is 1.23. The molecule has 0 fully saturated rings. The lowest BCUT2D eigenvalue weighted by Crippen LogP contribution is -2.21. The summed E-state index contributed by atoms with van der Waals surface area (Å²) in [5, 5.41) is 2.60. The number of rotatable bonds is 7. The maximum absolute atomic E-state index is 13.2. The molecule has 0 saturated carbocycles. The van der Waals surface area contributed by atoms with Crippen LogP contribution in [0.1, 0.15) is 47.5 Å². The van der Waals surface area contributed by atoms with Gasteiger partial charge in [0.15, 0.2) is 6.61 Å². The number of ether oxygens (including phenoxy) is 2. The quantitative estimate of drug-likeness (QED) is 0.367. The maximum Gasteiger partial charge on any atom is 0.417 e. The number of benzene rings is 1. The predicted molar refractivity (Wildman–Crippen MR) is 116 cm³/mol. The van der Waals surface area contributed by atoms with Crippen LogP contribution in [0, 0.1) is 0 Å². The van der Waals surface area contributed by atoms with Crippen LogP contribution >= 0.6 is 11.3 Å². The van der Waals surface area contributed by atoms with E-state index in [9.17, 15) is 27.6 Å². The van der Waals surface area contributed by atoms with Gasteiger partial charge >= 0.3 is 17.8 Å². The highest BCUT2D eigenvalue weighted by atomic mass is 32.1. The first-order valence-corrected chi connectivity index (χ1v) is 10.7. The van der Waals surface area contributed by atoms with Crippen LogP contribution in [0.5, 0.6) is 5.75 Å². The normalized spacial score (nSPS) is 11.6. The van der Waals surface area contributed by atoms with Crippen molar-refractivity contribution in [3.63, 3.8) is 0 Å². The third-order valence-electron chi connectivity index (χ3n) is 4.46. The molecular weight excluding hydrogens is 463 g/mol. The molecule has 2 aromatic heterocycles. The van der Waals surface area contributed by atoms with Gasteiger partial charge in [-0.05, 0) is 31.0 Å². The van der Waals surface area contributed by atoms with Crippen LogP contribution in [0.3, 0.4) is 0 Å². The van der Waals surface area contributed by atoms with Crippen LogP contribution in [-0.2, 0) is 15.7 Å². The smallest absolute Gasteiger partial charge is 0.417 e. The molecule has 1 N–H and O–H groups in total. The topological polar surface area (TPSA) is 94.8 Å². The van der Waals surface area contributed by atoms with Gasteiger partial charge in [0.1, 0.15) is 16.3 Å². The molecular formula is C22H20F3NO6S. The summed E-state index contributed by atoms with van der Waals surface area (Å²) in [5.74, 6) is -1.01. The van der Waals surface area contributed by atoms with Crippen LogP contribution in [0.2, 0.25) is 0 Å². The summed E-state index contributed by atoms with van der Waals surface area (Å²) in [7, 11) is 0. The van der Waals surface area contributed by atoms with E-state index in [1.54, 1.807) is 13.0 Å². The Morgan fingerprint density at radius 2 is 1.91 bits per heavy atom. The molecule has 0 aliphatic rings. The molecule has 7 nitrogen and oxygen atoms in total. The zero-order chi connectivity index (χ0) is 24.3. The molecule has 0 unspecified atom stereocenters. The highest BCUT2D eigenvalue weighted by molar-refractivity contribution is 7.16. The molecule has 0 radical (unpaired) electrons. The van der Waals surface area contributed by atoms with Gasteiger partial charge in [-0.15, -0.1) is 11.3 Å². The van der Waals surface area contributed by atoms with Crippen molar-refractivity contribution >= 4 is 39.2 Å². The van der Waals surface area contributed by atoms with Gasteiger partial charge in [-0.25, -0.2) is 9.59 Å². The van der Waals surface area contributed by atoms with E-state index in [0.29, 0.717) is 11.1 Å². The van der Waals surface area contributed by atoms with Crippen molar-refractivity contribution < 1.29 is 36.7 Å². The number of fused-ring (bicyclic) bond motifs is 1. The number of nitrogens with one attached hydrogen (secondary N) is 1. The standard InChI is InChI=1S/C22H20F3NO6S/c1-4-30-21(29)14-8-17(11(2)3)33-20(14)26-18(27)10-31-12-5-6-13-15(22(23,24)25)9-19(28)32-16(13)7-12/h5-9,11H,4,10H2,1-3H3,(H,26,27). The van der Waals surface area contributed by atoms with Gasteiger partial charge in [-0.3, -0.25) is 4.79 Å². The molecule has 3 aromatic rings. The molecule has 0 bridgehead atoms. The van der Waals surface area contributed by atoms with Gasteiger partial charge in [0.05, 0.1) is 17.7 Å². The van der Waals surface area contributed by atoms with Crippen LogP contribution in [0.4, 0.5) is 18.2 Å². The number of hydrogen-bond donors (Lipinski definition) is 1. The molecule has 1 amide bonds. The van der Waals surface area contributed by atoms with Gasteiger partial charge < -0.3 is 19.2 Å². The monoisotopic (exact) mass is 483 g/mol. The van der Waals surface area contributed by atoms with E-state index < -0.39 is 35.8 Å². The number of carbonyl (C=O) groups excluding carboxylic acids is 2. The van der Waals surface area contributed by atoms with Gasteiger partial charge in [-0.1, -0.05) is 13.8 Å². The van der Waals surface area contributed by atoms with Crippen molar-refractivity contribution in [3.05, 3.63) is 56.8 Å². The average molecular weight is 483 g/mol. The van der Waals surface area contributed by atoms with Gasteiger partial charge in [0, 0.05) is 22.4 Å². The fraction of sp³-hybridized carbons (Fsp3) is 0.318.